The number of hydrogen-bond acceptors (Lipinski definition) is 2. The predicted octanol–water partition coefficient (Wildman–Crippen LogP) is 4.03. The van der Waals surface area contributed by atoms with Crippen LogP contribution in [-0.4, -0.2) is 43.7 Å². The molecule has 5 heteroatoms. The van der Waals surface area contributed by atoms with Crippen molar-refractivity contribution in [2.45, 2.75) is 20.3 Å². The molecule has 1 aliphatic rings. The van der Waals surface area contributed by atoms with E-state index in [-0.39, 0.29) is 6.03 Å². The molecule has 4 nitrogen and oxygen atoms in total. The lowest BCUT2D eigenvalue weighted by molar-refractivity contribution is 0.194. The minimum Gasteiger partial charge on any atom is -0.368 e. The van der Waals surface area contributed by atoms with E-state index >= 15 is 0 Å². The van der Waals surface area contributed by atoms with Gasteiger partial charge in [-0.25, -0.2) is 4.79 Å². The Kier molecular flexibility index (Phi) is 6.04. The molecule has 138 valence electrons. The first-order valence-electron chi connectivity index (χ1n) is 9.12. The molecular weight excluding hydrogens is 346 g/mol. The Bertz CT molecular complexity index is 770. The third-order valence-corrected chi connectivity index (χ3v) is 5.09. The average molecular weight is 372 g/mol. The molecular formula is C21H26ClN3O. The van der Waals surface area contributed by atoms with Crippen molar-refractivity contribution in [3.8, 4) is 0 Å². The van der Waals surface area contributed by atoms with Gasteiger partial charge in [-0.15, -0.1) is 0 Å². The summed E-state index contributed by atoms with van der Waals surface area (Å²) in [4.78, 5) is 16.7. The van der Waals surface area contributed by atoms with E-state index in [1.807, 2.05) is 29.2 Å². The van der Waals surface area contributed by atoms with Crippen LogP contribution in [0, 0.1) is 13.8 Å². The Balaban J connectivity index is 1.47. The van der Waals surface area contributed by atoms with Gasteiger partial charge in [-0.05, 0) is 55.2 Å². The van der Waals surface area contributed by atoms with Crippen molar-refractivity contribution in [1.29, 1.82) is 0 Å². The molecule has 0 aromatic heterocycles. The fourth-order valence-corrected chi connectivity index (χ4v) is 3.54. The van der Waals surface area contributed by atoms with Crippen LogP contribution in [0.4, 0.5) is 10.5 Å². The number of nitrogens with zero attached hydrogens (tertiary/aromatic N) is 2. The van der Waals surface area contributed by atoms with Gasteiger partial charge in [-0.1, -0.05) is 35.9 Å². The number of hydrogen-bond donors (Lipinski definition) is 1. The average Bonchev–Trinajstić information content (AvgIpc) is 2.64. The molecule has 2 aromatic rings. The van der Waals surface area contributed by atoms with Crippen LogP contribution >= 0.6 is 11.6 Å². The van der Waals surface area contributed by atoms with Gasteiger partial charge < -0.3 is 15.1 Å². The first-order valence-corrected chi connectivity index (χ1v) is 9.50. The Morgan fingerprint density at radius 1 is 1.08 bits per heavy atom. The largest absolute Gasteiger partial charge is 0.368 e. The third-order valence-electron chi connectivity index (χ3n) is 4.85. The van der Waals surface area contributed by atoms with Crippen molar-refractivity contribution in [3.63, 3.8) is 0 Å². The molecule has 0 spiro atoms. The van der Waals surface area contributed by atoms with Crippen LogP contribution in [0.5, 0.6) is 0 Å². The molecule has 1 saturated heterocycles. The summed E-state index contributed by atoms with van der Waals surface area (Å²) in [5, 5.41) is 3.75. The SMILES string of the molecule is Cc1ccc(C)c(N2CCN(C(=O)NCCc3cccc(Cl)c3)CC2)c1. The van der Waals surface area contributed by atoms with Gasteiger partial charge >= 0.3 is 6.03 Å². The summed E-state index contributed by atoms with van der Waals surface area (Å²) in [6.07, 6.45) is 0.786. The lowest BCUT2D eigenvalue weighted by Crippen LogP contribution is -2.52. The van der Waals surface area contributed by atoms with E-state index in [0.717, 1.165) is 43.2 Å². The molecule has 0 saturated carbocycles. The smallest absolute Gasteiger partial charge is 0.317 e. The lowest BCUT2D eigenvalue weighted by Gasteiger charge is -2.37. The number of piperazine rings is 1. The van der Waals surface area contributed by atoms with Gasteiger partial charge in [0.05, 0.1) is 0 Å². The lowest BCUT2D eigenvalue weighted by atomic mass is 10.1. The Labute approximate surface area is 160 Å². The predicted molar refractivity (Wildman–Crippen MR) is 108 cm³/mol. The number of benzene rings is 2. The van der Waals surface area contributed by atoms with Crippen LogP contribution in [0.15, 0.2) is 42.5 Å². The van der Waals surface area contributed by atoms with E-state index in [9.17, 15) is 4.79 Å². The molecule has 2 amide bonds. The molecule has 3 rings (SSSR count). The Hall–Kier alpha value is -2.20. The molecule has 0 radical (unpaired) electrons. The van der Waals surface area contributed by atoms with Crippen LogP contribution < -0.4 is 10.2 Å². The van der Waals surface area contributed by atoms with Gasteiger partial charge in [-0.2, -0.15) is 0 Å². The van der Waals surface area contributed by atoms with Gasteiger partial charge in [0, 0.05) is 43.4 Å². The zero-order valence-electron chi connectivity index (χ0n) is 15.5. The maximum absolute atomic E-state index is 12.4. The first-order chi connectivity index (χ1) is 12.5. The highest BCUT2D eigenvalue weighted by Crippen LogP contribution is 2.22. The number of amides is 2. The number of halogens is 1. The highest BCUT2D eigenvalue weighted by molar-refractivity contribution is 6.30. The topological polar surface area (TPSA) is 35.6 Å². The molecule has 1 heterocycles. The summed E-state index contributed by atoms with van der Waals surface area (Å²) >= 11 is 5.99. The zero-order chi connectivity index (χ0) is 18.5. The van der Waals surface area contributed by atoms with Crippen LogP contribution in [0.3, 0.4) is 0 Å². The Morgan fingerprint density at radius 3 is 2.58 bits per heavy atom. The number of aryl methyl sites for hydroxylation is 2. The first kappa shape index (κ1) is 18.6. The van der Waals surface area contributed by atoms with Gasteiger partial charge in [0.2, 0.25) is 0 Å². The fourth-order valence-electron chi connectivity index (χ4n) is 3.33. The molecule has 1 fully saturated rings. The van der Waals surface area contributed by atoms with Crippen molar-refractivity contribution in [2.75, 3.05) is 37.6 Å². The summed E-state index contributed by atoms with van der Waals surface area (Å²) < 4.78 is 0. The van der Waals surface area contributed by atoms with Crippen molar-refractivity contribution >= 4 is 23.3 Å². The fraction of sp³-hybridized carbons (Fsp3) is 0.381. The summed E-state index contributed by atoms with van der Waals surface area (Å²) in [6, 6.07) is 14.3. The van der Waals surface area contributed by atoms with Crippen molar-refractivity contribution in [2.24, 2.45) is 0 Å². The summed E-state index contributed by atoms with van der Waals surface area (Å²) in [6.45, 7) is 8.11. The Morgan fingerprint density at radius 2 is 1.85 bits per heavy atom. The number of anilines is 1. The number of carbonyl (C=O) groups excluding carboxylic acids is 1. The maximum atomic E-state index is 12.4. The van der Waals surface area contributed by atoms with Crippen LogP contribution in [0.2, 0.25) is 5.02 Å². The molecule has 26 heavy (non-hydrogen) atoms. The third kappa shape index (κ3) is 4.70. The second-order valence-corrected chi connectivity index (χ2v) is 7.31. The van der Waals surface area contributed by atoms with Crippen molar-refractivity contribution in [1.82, 2.24) is 10.2 Å². The van der Waals surface area contributed by atoms with Gasteiger partial charge in [-0.3, -0.25) is 0 Å². The minimum absolute atomic E-state index is 0.0210. The van der Waals surface area contributed by atoms with Crippen LogP contribution in [0.1, 0.15) is 16.7 Å². The van der Waals surface area contributed by atoms with E-state index in [0.29, 0.717) is 6.54 Å². The zero-order valence-corrected chi connectivity index (χ0v) is 16.2. The van der Waals surface area contributed by atoms with E-state index < -0.39 is 0 Å². The minimum atomic E-state index is 0.0210. The maximum Gasteiger partial charge on any atom is 0.317 e. The highest BCUT2D eigenvalue weighted by atomic mass is 35.5. The molecule has 1 N–H and O–H groups in total. The number of urea groups is 1. The van der Waals surface area contributed by atoms with Gasteiger partial charge in [0.1, 0.15) is 0 Å². The monoisotopic (exact) mass is 371 g/mol. The summed E-state index contributed by atoms with van der Waals surface area (Å²) in [7, 11) is 0. The highest BCUT2D eigenvalue weighted by Gasteiger charge is 2.21. The van der Waals surface area contributed by atoms with E-state index in [1.165, 1.54) is 16.8 Å². The van der Waals surface area contributed by atoms with Crippen LogP contribution in [-0.2, 0) is 6.42 Å². The van der Waals surface area contributed by atoms with Gasteiger partial charge in [0.25, 0.3) is 0 Å². The standard InChI is InChI=1S/C21H26ClN3O/c1-16-6-7-17(2)20(14-16)24-10-12-25(13-11-24)21(26)23-9-8-18-4-3-5-19(22)15-18/h3-7,14-15H,8-13H2,1-2H3,(H,23,26). The summed E-state index contributed by atoms with van der Waals surface area (Å²) in [5.41, 5.74) is 4.98. The van der Waals surface area contributed by atoms with Crippen molar-refractivity contribution in [3.05, 3.63) is 64.2 Å². The second kappa shape index (κ2) is 8.45. The van der Waals surface area contributed by atoms with Crippen molar-refractivity contribution < 1.29 is 4.79 Å². The van der Waals surface area contributed by atoms with E-state index in [2.05, 4.69) is 42.3 Å². The van der Waals surface area contributed by atoms with E-state index in [4.69, 9.17) is 11.6 Å². The summed E-state index contributed by atoms with van der Waals surface area (Å²) in [5.74, 6) is 0. The van der Waals surface area contributed by atoms with Crippen LogP contribution in [0.25, 0.3) is 0 Å². The molecule has 2 aromatic carbocycles. The van der Waals surface area contributed by atoms with E-state index in [1.54, 1.807) is 0 Å². The quantitative estimate of drug-likeness (QED) is 0.880. The number of nitrogens with one attached hydrogen (secondary N) is 1. The second-order valence-electron chi connectivity index (χ2n) is 6.88. The molecule has 0 bridgehead atoms. The number of carbonyl (C=O) groups is 1. The molecule has 0 unspecified atom stereocenters. The molecule has 0 aliphatic carbocycles. The normalized spacial score (nSPS) is 14.4. The number of rotatable bonds is 4. The molecule has 0 atom stereocenters. The molecule has 1 aliphatic heterocycles. The van der Waals surface area contributed by atoms with Gasteiger partial charge in [0.15, 0.2) is 0 Å².